The topological polar surface area (TPSA) is 54.0 Å². The first-order valence-electron chi connectivity index (χ1n) is 7.08. The Morgan fingerprint density at radius 3 is 3.14 bits per heavy atom. The van der Waals surface area contributed by atoms with Gasteiger partial charge in [-0.25, -0.2) is 4.79 Å². The van der Waals surface area contributed by atoms with E-state index in [0.717, 1.165) is 23.3 Å². The first-order chi connectivity index (χ1) is 10.7. The molecular formula is C16H16ClN3OS. The van der Waals surface area contributed by atoms with Crippen molar-refractivity contribution in [3.63, 3.8) is 0 Å². The molecule has 0 aliphatic carbocycles. The second kappa shape index (κ2) is 7.03. The molecule has 1 aliphatic rings. The zero-order chi connectivity index (χ0) is 15.4. The molecule has 4 nitrogen and oxygen atoms in total. The number of urea groups is 1. The summed E-state index contributed by atoms with van der Waals surface area (Å²) >= 11 is 7.88. The largest absolute Gasteiger partial charge is 0.334 e. The van der Waals surface area contributed by atoms with E-state index in [4.69, 9.17) is 11.6 Å². The number of rotatable bonds is 3. The lowest BCUT2D eigenvalue weighted by molar-refractivity contribution is 0.236. The molecule has 6 heteroatoms. The minimum Gasteiger partial charge on any atom is -0.334 e. The molecule has 1 unspecified atom stereocenters. The number of aromatic nitrogens is 1. The van der Waals surface area contributed by atoms with Crippen LogP contribution in [0.5, 0.6) is 0 Å². The number of hydrogen-bond donors (Lipinski definition) is 2. The second-order valence-corrected chi connectivity index (χ2v) is 6.63. The molecule has 1 aliphatic heterocycles. The molecule has 2 amide bonds. The summed E-state index contributed by atoms with van der Waals surface area (Å²) in [5, 5.41) is 6.59. The van der Waals surface area contributed by atoms with Gasteiger partial charge in [0, 0.05) is 34.6 Å². The lowest BCUT2D eigenvalue weighted by atomic mass is 10.0. The highest BCUT2D eigenvalue weighted by Crippen LogP contribution is 2.37. The number of nitrogens with one attached hydrogen (secondary N) is 2. The predicted octanol–water partition coefficient (Wildman–Crippen LogP) is 3.77. The van der Waals surface area contributed by atoms with E-state index in [0.29, 0.717) is 11.6 Å². The third-order valence-corrected chi connectivity index (χ3v) is 4.85. The average Bonchev–Trinajstić information content (AvgIpc) is 2.54. The van der Waals surface area contributed by atoms with Crippen molar-refractivity contribution in [2.45, 2.75) is 23.9 Å². The van der Waals surface area contributed by atoms with E-state index in [1.807, 2.05) is 30.3 Å². The smallest absolute Gasteiger partial charge is 0.315 e. The van der Waals surface area contributed by atoms with Gasteiger partial charge in [0.25, 0.3) is 0 Å². The highest BCUT2D eigenvalue weighted by atomic mass is 35.5. The summed E-state index contributed by atoms with van der Waals surface area (Å²) in [6.07, 6.45) is 4.36. The van der Waals surface area contributed by atoms with E-state index in [9.17, 15) is 4.79 Å². The third kappa shape index (κ3) is 3.72. The van der Waals surface area contributed by atoms with Crippen LogP contribution in [0.2, 0.25) is 5.02 Å². The second-order valence-electron chi connectivity index (χ2n) is 5.06. The molecule has 22 heavy (non-hydrogen) atoms. The number of carbonyl (C=O) groups excluding carboxylic acids is 1. The highest BCUT2D eigenvalue weighted by Gasteiger charge is 2.22. The number of carbonyl (C=O) groups is 1. The van der Waals surface area contributed by atoms with Crippen molar-refractivity contribution in [3.05, 3.63) is 58.9 Å². The van der Waals surface area contributed by atoms with Crippen LogP contribution in [-0.4, -0.2) is 16.8 Å². The van der Waals surface area contributed by atoms with Crippen LogP contribution in [0.25, 0.3) is 0 Å². The number of fused-ring (bicyclic) bond motifs is 1. The minimum atomic E-state index is -0.174. The molecule has 2 N–H and O–H groups in total. The molecule has 0 radical (unpaired) electrons. The Morgan fingerprint density at radius 1 is 1.41 bits per heavy atom. The molecule has 0 saturated heterocycles. The van der Waals surface area contributed by atoms with Crippen LogP contribution in [-0.2, 0) is 6.54 Å². The molecule has 114 valence electrons. The Bertz CT molecular complexity index is 666. The van der Waals surface area contributed by atoms with Crippen molar-refractivity contribution in [2.24, 2.45) is 0 Å². The molecule has 1 aromatic heterocycles. The Balaban J connectivity index is 1.62. The number of halogens is 1. The van der Waals surface area contributed by atoms with Gasteiger partial charge in [-0.2, -0.15) is 0 Å². The Hall–Kier alpha value is -1.72. The minimum absolute atomic E-state index is 0.00356. The fourth-order valence-electron chi connectivity index (χ4n) is 2.41. The van der Waals surface area contributed by atoms with Gasteiger partial charge in [0.15, 0.2) is 0 Å². The van der Waals surface area contributed by atoms with E-state index < -0.39 is 0 Å². The zero-order valence-electron chi connectivity index (χ0n) is 11.9. The maximum atomic E-state index is 12.1. The summed E-state index contributed by atoms with van der Waals surface area (Å²) in [6.45, 7) is 0.462. The Labute approximate surface area is 138 Å². The van der Waals surface area contributed by atoms with Crippen molar-refractivity contribution in [1.29, 1.82) is 0 Å². The molecule has 0 saturated carbocycles. The van der Waals surface area contributed by atoms with E-state index >= 15 is 0 Å². The van der Waals surface area contributed by atoms with Crippen LogP contribution in [0.15, 0.2) is 47.6 Å². The van der Waals surface area contributed by atoms with Gasteiger partial charge in [0.05, 0.1) is 6.04 Å². The molecule has 2 heterocycles. The molecule has 0 bridgehead atoms. The van der Waals surface area contributed by atoms with Crippen LogP contribution in [0.4, 0.5) is 4.79 Å². The lowest BCUT2D eigenvalue weighted by Gasteiger charge is -2.26. The maximum absolute atomic E-state index is 12.1. The Morgan fingerprint density at radius 2 is 2.32 bits per heavy atom. The van der Waals surface area contributed by atoms with Gasteiger partial charge in [0.1, 0.15) is 0 Å². The normalized spacial score (nSPS) is 16.7. The average molecular weight is 334 g/mol. The summed E-state index contributed by atoms with van der Waals surface area (Å²) in [4.78, 5) is 17.3. The standard InChI is InChI=1S/C16H16ClN3OS/c17-12-3-4-15-13(8-12)14(5-7-22-15)20-16(21)19-10-11-2-1-6-18-9-11/h1-4,6,8-9,14H,5,7,10H2,(H2,19,20,21). The van der Waals surface area contributed by atoms with E-state index in [-0.39, 0.29) is 12.1 Å². The van der Waals surface area contributed by atoms with Crippen molar-refractivity contribution >= 4 is 29.4 Å². The van der Waals surface area contributed by atoms with Crippen molar-refractivity contribution in [3.8, 4) is 0 Å². The molecule has 2 aromatic rings. The molecule has 0 fully saturated rings. The van der Waals surface area contributed by atoms with Gasteiger partial charge in [-0.1, -0.05) is 17.7 Å². The van der Waals surface area contributed by atoms with E-state index in [1.54, 1.807) is 24.2 Å². The maximum Gasteiger partial charge on any atom is 0.315 e. The molecule has 3 rings (SSSR count). The van der Waals surface area contributed by atoms with Crippen molar-refractivity contribution in [1.82, 2.24) is 15.6 Å². The van der Waals surface area contributed by atoms with Crippen LogP contribution >= 0.6 is 23.4 Å². The van der Waals surface area contributed by atoms with Gasteiger partial charge in [-0.05, 0) is 41.8 Å². The van der Waals surface area contributed by atoms with E-state index in [2.05, 4.69) is 15.6 Å². The highest BCUT2D eigenvalue weighted by molar-refractivity contribution is 7.99. The quantitative estimate of drug-likeness (QED) is 0.899. The first-order valence-corrected chi connectivity index (χ1v) is 8.44. The third-order valence-electron chi connectivity index (χ3n) is 3.49. The summed E-state index contributed by atoms with van der Waals surface area (Å²) < 4.78 is 0. The van der Waals surface area contributed by atoms with Crippen molar-refractivity contribution in [2.75, 3.05) is 5.75 Å². The molecule has 1 aromatic carbocycles. The zero-order valence-corrected chi connectivity index (χ0v) is 13.5. The van der Waals surface area contributed by atoms with Crippen LogP contribution < -0.4 is 10.6 Å². The summed E-state index contributed by atoms with van der Waals surface area (Å²) in [7, 11) is 0. The van der Waals surface area contributed by atoms with Crippen LogP contribution in [0.1, 0.15) is 23.6 Å². The fourth-order valence-corrected chi connectivity index (χ4v) is 3.70. The van der Waals surface area contributed by atoms with E-state index in [1.165, 1.54) is 4.90 Å². The number of benzene rings is 1. The van der Waals surface area contributed by atoms with Gasteiger partial charge in [0.2, 0.25) is 0 Å². The van der Waals surface area contributed by atoms with Gasteiger partial charge in [-0.15, -0.1) is 11.8 Å². The molecule has 0 spiro atoms. The summed E-state index contributed by atoms with van der Waals surface area (Å²) in [5.41, 5.74) is 2.07. The first kappa shape index (κ1) is 15.2. The molecule has 1 atom stereocenters. The number of thioether (sulfide) groups is 1. The molecular weight excluding hydrogens is 318 g/mol. The monoisotopic (exact) mass is 333 g/mol. The van der Waals surface area contributed by atoms with Gasteiger partial charge in [-0.3, -0.25) is 4.98 Å². The number of nitrogens with zero attached hydrogens (tertiary/aromatic N) is 1. The van der Waals surface area contributed by atoms with Crippen molar-refractivity contribution < 1.29 is 4.79 Å². The lowest BCUT2D eigenvalue weighted by Crippen LogP contribution is -2.38. The number of pyridine rings is 1. The summed E-state index contributed by atoms with van der Waals surface area (Å²) in [6, 6.07) is 9.46. The SMILES string of the molecule is O=C(NCc1cccnc1)NC1CCSc2ccc(Cl)cc21. The van der Waals surface area contributed by atoms with Gasteiger partial charge >= 0.3 is 6.03 Å². The van der Waals surface area contributed by atoms with Crippen LogP contribution in [0, 0.1) is 0 Å². The van der Waals surface area contributed by atoms with Crippen LogP contribution in [0.3, 0.4) is 0 Å². The fraction of sp³-hybridized carbons (Fsp3) is 0.250. The summed E-state index contributed by atoms with van der Waals surface area (Å²) in [5.74, 6) is 0.988. The predicted molar refractivity (Wildman–Crippen MR) is 89.1 cm³/mol. The Kier molecular flexibility index (Phi) is 4.85. The number of amides is 2. The van der Waals surface area contributed by atoms with Gasteiger partial charge < -0.3 is 10.6 Å². The number of hydrogen-bond acceptors (Lipinski definition) is 3.